The summed E-state index contributed by atoms with van der Waals surface area (Å²) >= 11 is 0. The van der Waals surface area contributed by atoms with Crippen molar-refractivity contribution < 1.29 is 0 Å². The summed E-state index contributed by atoms with van der Waals surface area (Å²) in [5.41, 5.74) is 0. The van der Waals surface area contributed by atoms with Gasteiger partial charge in [-0.2, -0.15) is 0 Å². The van der Waals surface area contributed by atoms with Crippen LogP contribution in [0.1, 0.15) is 13.8 Å². The SMILES string of the molecule is CC(C)C1C2CN(C)CC21. The largest absolute Gasteiger partial charge is 0.306 e. The van der Waals surface area contributed by atoms with Crippen molar-refractivity contribution in [3.8, 4) is 0 Å². The zero-order chi connectivity index (χ0) is 7.30. The Bertz CT molecular complexity index is 130. The van der Waals surface area contributed by atoms with Gasteiger partial charge in [0.15, 0.2) is 0 Å². The highest BCUT2D eigenvalue weighted by molar-refractivity contribution is 5.05. The molecule has 1 heterocycles. The minimum Gasteiger partial charge on any atom is -0.306 e. The number of nitrogens with zero attached hydrogens (tertiary/aromatic N) is 1. The van der Waals surface area contributed by atoms with Gasteiger partial charge in [-0.1, -0.05) is 13.8 Å². The third-order valence-electron chi connectivity index (χ3n) is 3.21. The predicted octanol–water partition coefficient (Wildman–Crippen LogP) is 1.45. The predicted molar refractivity (Wildman–Crippen MR) is 42.8 cm³/mol. The zero-order valence-corrected chi connectivity index (χ0v) is 7.17. The molecule has 2 unspecified atom stereocenters. The summed E-state index contributed by atoms with van der Waals surface area (Å²) in [7, 11) is 2.24. The molecule has 0 amide bonds. The Kier molecular flexibility index (Phi) is 1.31. The van der Waals surface area contributed by atoms with Gasteiger partial charge in [0.1, 0.15) is 0 Å². The minimum atomic E-state index is 0.934. The van der Waals surface area contributed by atoms with Crippen LogP contribution in [-0.2, 0) is 0 Å². The van der Waals surface area contributed by atoms with Gasteiger partial charge in [-0.3, -0.25) is 0 Å². The fraction of sp³-hybridized carbons (Fsp3) is 1.00. The Morgan fingerprint density at radius 1 is 1.20 bits per heavy atom. The summed E-state index contributed by atoms with van der Waals surface area (Å²) < 4.78 is 0. The topological polar surface area (TPSA) is 3.24 Å². The molecule has 1 aliphatic heterocycles. The standard InChI is InChI=1S/C9H17N/c1-6(2)9-7-4-10(3)5-8(7)9/h6-9H,4-5H2,1-3H3. The molecule has 2 rings (SSSR count). The van der Waals surface area contributed by atoms with Crippen LogP contribution in [0.2, 0.25) is 0 Å². The van der Waals surface area contributed by atoms with Crippen molar-refractivity contribution in [3.63, 3.8) is 0 Å². The molecule has 0 N–H and O–H groups in total. The van der Waals surface area contributed by atoms with Gasteiger partial charge in [0.25, 0.3) is 0 Å². The average molecular weight is 139 g/mol. The summed E-state index contributed by atoms with van der Waals surface area (Å²) in [6, 6.07) is 0. The lowest BCUT2D eigenvalue weighted by molar-refractivity contribution is 0.317. The maximum atomic E-state index is 2.47. The van der Waals surface area contributed by atoms with Crippen molar-refractivity contribution in [3.05, 3.63) is 0 Å². The lowest BCUT2D eigenvalue weighted by Crippen LogP contribution is -2.20. The summed E-state index contributed by atoms with van der Waals surface area (Å²) in [6.07, 6.45) is 0. The van der Waals surface area contributed by atoms with Crippen LogP contribution in [-0.4, -0.2) is 25.0 Å². The summed E-state index contributed by atoms with van der Waals surface area (Å²) in [5, 5.41) is 0. The normalized spacial score (nSPS) is 46.2. The molecule has 1 aliphatic carbocycles. The fourth-order valence-electron chi connectivity index (χ4n) is 2.77. The molecule has 2 fully saturated rings. The van der Waals surface area contributed by atoms with Crippen LogP contribution in [0, 0.1) is 23.7 Å². The van der Waals surface area contributed by atoms with Gasteiger partial charge in [-0.25, -0.2) is 0 Å². The quantitative estimate of drug-likeness (QED) is 0.531. The van der Waals surface area contributed by atoms with Gasteiger partial charge in [0.2, 0.25) is 0 Å². The lowest BCUT2D eigenvalue weighted by atomic mass is 10.1. The second kappa shape index (κ2) is 1.97. The number of piperidine rings is 1. The van der Waals surface area contributed by atoms with Crippen LogP contribution in [0.3, 0.4) is 0 Å². The van der Waals surface area contributed by atoms with E-state index in [1.54, 1.807) is 0 Å². The van der Waals surface area contributed by atoms with Gasteiger partial charge in [0.05, 0.1) is 0 Å². The van der Waals surface area contributed by atoms with E-state index in [-0.39, 0.29) is 0 Å². The van der Waals surface area contributed by atoms with E-state index in [9.17, 15) is 0 Å². The van der Waals surface area contributed by atoms with E-state index in [1.165, 1.54) is 13.1 Å². The van der Waals surface area contributed by atoms with E-state index in [2.05, 4.69) is 25.8 Å². The van der Waals surface area contributed by atoms with Gasteiger partial charge in [-0.15, -0.1) is 0 Å². The van der Waals surface area contributed by atoms with Crippen molar-refractivity contribution in [2.75, 3.05) is 20.1 Å². The Hall–Kier alpha value is -0.0400. The third kappa shape index (κ3) is 0.800. The van der Waals surface area contributed by atoms with Crippen molar-refractivity contribution in [2.45, 2.75) is 13.8 Å². The number of fused-ring (bicyclic) bond motifs is 1. The van der Waals surface area contributed by atoms with Gasteiger partial charge in [0, 0.05) is 13.1 Å². The van der Waals surface area contributed by atoms with Crippen LogP contribution in [0.15, 0.2) is 0 Å². The second-order valence-electron chi connectivity index (χ2n) is 4.37. The third-order valence-corrected chi connectivity index (χ3v) is 3.21. The molecule has 1 saturated carbocycles. The maximum absolute atomic E-state index is 2.47. The van der Waals surface area contributed by atoms with Crippen LogP contribution >= 0.6 is 0 Å². The zero-order valence-electron chi connectivity index (χ0n) is 7.17. The smallest absolute Gasteiger partial charge is 0.00128 e. The van der Waals surface area contributed by atoms with Crippen molar-refractivity contribution in [1.82, 2.24) is 4.90 Å². The highest BCUT2D eigenvalue weighted by Gasteiger charge is 2.55. The summed E-state index contributed by atoms with van der Waals surface area (Å²) in [4.78, 5) is 2.47. The van der Waals surface area contributed by atoms with E-state index in [4.69, 9.17) is 0 Å². The lowest BCUT2D eigenvalue weighted by Gasteiger charge is -2.14. The first-order valence-corrected chi connectivity index (χ1v) is 4.38. The van der Waals surface area contributed by atoms with E-state index < -0.39 is 0 Å². The van der Waals surface area contributed by atoms with Crippen LogP contribution < -0.4 is 0 Å². The van der Waals surface area contributed by atoms with Gasteiger partial charge < -0.3 is 4.90 Å². The van der Waals surface area contributed by atoms with Gasteiger partial charge in [-0.05, 0) is 30.7 Å². The van der Waals surface area contributed by atoms with E-state index in [0.29, 0.717) is 0 Å². The second-order valence-corrected chi connectivity index (χ2v) is 4.37. The number of hydrogen-bond acceptors (Lipinski definition) is 1. The molecule has 0 aromatic heterocycles. The molecular formula is C9H17N. The van der Waals surface area contributed by atoms with Crippen LogP contribution in [0.5, 0.6) is 0 Å². The molecule has 1 heteroatoms. The first-order chi connectivity index (χ1) is 4.70. The molecule has 2 aliphatic rings. The summed E-state index contributed by atoms with van der Waals surface area (Å²) in [5.74, 6) is 4.16. The van der Waals surface area contributed by atoms with Crippen molar-refractivity contribution >= 4 is 0 Å². The molecule has 58 valence electrons. The maximum Gasteiger partial charge on any atom is 0.00128 e. The molecule has 0 radical (unpaired) electrons. The highest BCUT2D eigenvalue weighted by atomic mass is 15.2. The number of hydrogen-bond donors (Lipinski definition) is 0. The molecule has 0 spiro atoms. The molecule has 10 heavy (non-hydrogen) atoms. The van der Waals surface area contributed by atoms with E-state index in [0.717, 1.165) is 23.7 Å². The fourth-order valence-corrected chi connectivity index (χ4v) is 2.77. The Morgan fingerprint density at radius 3 is 2.10 bits per heavy atom. The van der Waals surface area contributed by atoms with Crippen molar-refractivity contribution in [2.24, 2.45) is 23.7 Å². The molecule has 1 nitrogen and oxygen atoms in total. The number of rotatable bonds is 1. The van der Waals surface area contributed by atoms with Crippen LogP contribution in [0.25, 0.3) is 0 Å². The Balaban J connectivity index is 1.92. The molecule has 1 saturated heterocycles. The van der Waals surface area contributed by atoms with E-state index in [1.807, 2.05) is 0 Å². The first kappa shape index (κ1) is 6.66. The summed E-state index contributed by atoms with van der Waals surface area (Å²) in [6.45, 7) is 7.47. The average Bonchev–Trinajstić information content (AvgIpc) is 2.32. The molecule has 0 aromatic rings. The molecular weight excluding hydrogens is 122 g/mol. The molecule has 0 aromatic carbocycles. The van der Waals surface area contributed by atoms with Gasteiger partial charge >= 0.3 is 0 Å². The number of likely N-dealkylation sites (tertiary alicyclic amines) is 1. The van der Waals surface area contributed by atoms with Crippen molar-refractivity contribution in [1.29, 1.82) is 0 Å². The Morgan fingerprint density at radius 2 is 1.70 bits per heavy atom. The molecule has 2 atom stereocenters. The first-order valence-electron chi connectivity index (χ1n) is 4.38. The molecule has 0 bridgehead atoms. The minimum absolute atomic E-state index is 0.934. The van der Waals surface area contributed by atoms with Crippen LogP contribution in [0.4, 0.5) is 0 Å². The Labute approximate surface area is 63.4 Å². The highest BCUT2D eigenvalue weighted by Crippen LogP contribution is 2.54. The monoisotopic (exact) mass is 139 g/mol. The van der Waals surface area contributed by atoms with E-state index >= 15 is 0 Å².